The Morgan fingerprint density at radius 1 is 1.38 bits per heavy atom. The number of hydrogen-bond donors (Lipinski definition) is 5. The SMILES string of the molecule is O=C1CC[C@@]2(N1)O[C@H](CO)[C@@H](O)[C@H](O)[C@@H]2O. The van der Waals surface area contributed by atoms with Crippen molar-refractivity contribution >= 4 is 5.91 Å². The van der Waals surface area contributed by atoms with Crippen molar-refractivity contribution in [1.82, 2.24) is 5.32 Å². The zero-order valence-corrected chi connectivity index (χ0v) is 8.54. The number of ether oxygens (including phenoxy) is 1. The Kier molecular flexibility index (Phi) is 2.89. The van der Waals surface area contributed by atoms with Crippen LogP contribution < -0.4 is 5.32 Å². The first-order valence-electron chi connectivity index (χ1n) is 5.14. The first kappa shape index (κ1) is 11.7. The summed E-state index contributed by atoms with van der Waals surface area (Å²) in [4.78, 5) is 11.1. The number of carbonyl (C=O) groups is 1. The Morgan fingerprint density at radius 2 is 2.06 bits per heavy atom. The van der Waals surface area contributed by atoms with Gasteiger partial charge in [-0.3, -0.25) is 4.79 Å². The fourth-order valence-electron chi connectivity index (χ4n) is 2.21. The number of aliphatic hydroxyl groups excluding tert-OH is 4. The molecule has 7 heteroatoms. The Hall–Kier alpha value is -0.730. The molecule has 16 heavy (non-hydrogen) atoms. The van der Waals surface area contributed by atoms with Crippen LogP contribution in [-0.2, 0) is 9.53 Å². The number of rotatable bonds is 1. The maximum absolute atomic E-state index is 11.1. The smallest absolute Gasteiger partial charge is 0.222 e. The van der Waals surface area contributed by atoms with Gasteiger partial charge in [-0.1, -0.05) is 0 Å². The summed E-state index contributed by atoms with van der Waals surface area (Å²) in [6.45, 7) is -0.497. The average molecular weight is 233 g/mol. The average Bonchev–Trinajstić information content (AvgIpc) is 2.64. The third-order valence-corrected chi connectivity index (χ3v) is 3.15. The Balaban J connectivity index is 2.23. The predicted octanol–water partition coefficient (Wildman–Crippen LogP) is -2.93. The molecule has 0 bridgehead atoms. The van der Waals surface area contributed by atoms with Crippen LogP contribution in [0.1, 0.15) is 12.8 Å². The zero-order chi connectivity index (χ0) is 11.9. The molecule has 0 saturated carbocycles. The van der Waals surface area contributed by atoms with E-state index in [1.807, 2.05) is 0 Å². The van der Waals surface area contributed by atoms with Gasteiger partial charge >= 0.3 is 0 Å². The molecule has 0 aliphatic carbocycles. The van der Waals surface area contributed by atoms with Crippen LogP contribution in [-0.4, -0.2) is 63.1 Å². The molecular formula is C9H15NO6. The maximum Gasteiger partial charge on any atom is 0.222 e. The monoisotopic (exact) mass is 233 g/mol. The van der Waals surface area contributed by atoms with Gasteiger partial charge in [-0.25, -0.2) is 0 Å². The van der Waals surface area contributed by atoms with Gasteiger partial charge in [0.1, 0.15) is 24.4 Å². The van der Waals surface area contributed by atoms with Crippen LogP contribution in [0.25, 0.3) is 0 Å². The van der Waals surface area contributed by atoms with Crippen molar-refractivity contribution in [2.24, 2.45) is 0 Å². The van der Waals surface area contributed by atoms with E-state index in [1.165, 1.54) is 0 Å². The van der Waals surface area contributed by atoms with Crippen LogP contribution in [0.15, 0.2) is 0 Å². The molecule has 2 heterocycles. The van der Waals surface area contributed by atoms with Gasteiger partial charge in [-0.2, -0.15) is 0 Å². The van der Waals surface area contributed by atoms with Crippen LogP contribution in [0.4, 0.5) is 0 Å². The fourth-order valence-corrected chi connectivity index (χ4v) is 2.21. The lowest BCUT2D eigenvalue weighted by Crippen LogP contribution is -2.68. The molecule has 1 spiro atoms. The highest BCUT2D eigenvalue weighted by molar-refractivity contribution is 5.79. The fraction of sp³-hybridized carbons (Fsp3) is 0.889. The highest BCUT2D eigenvalue weighted by Crippen LogP contribution is 2.34. The van der Waals surface area contributed by atoms with Crippen LogP contribution in [0.5, 0.6) is 0 Å². The van der Waals surface area contributed by atoms with Gasteiger partial charge in [0.05, 0.1) is 6.61 Å². The molecule has 5 N–H and O–H groups in total. The minimum absolute atomic E-state index is 0.179. The predicted molar refractivity (Wildman–Crippen MR) is 50.1 cm³/mol. The molecule has 2 saturated heterocycles. The Bertz CT molecular complexity index is 296. The number of carbonyl (C=O) groups excluding carboxylic acids is 1. The van der Waals surface area contributed by atoms with Gasteiger partial charge in [0.2, 0.25) is 5.91 Å². The van der Waals surface area contributed by atoms with E-state index in [4.69, 9.17) is 9.84 Å². The van der Waals surface area contributed by atoms with Crippen LogP contribution >= 0.6 is 0 Å². The highest BCUT2D eigenvalue weighted by Gasteiger charge is 2.56. The summed E-state index contributed by atoms with van der Waals surface area (Å²) in [5, 5.41) is 40.4. The van der Waals surface area contributed by atoms with Crippen molar-refractivity contribution in [1.29, 1.82) is 0 Å². The van der Waals surface area contributed by atoms with Gasteiger partial charge in [0.15, 0.2) is 5.72 Å². The van der Waals surface area contributed by atoms with E-state index in [1.54, 1.807) is 0 Å². The van der Waals surface area contributed by atoms with E-state index >= 15 is 0 Å². The summed E-state index contributed by atoms with van der Waals surface area (Å²) in [6.07, 6.45) is -4.87. The van der Waals surface area contributed by atoms with Crippen molar-refractivity contribution in [2.75, 3.05) is 6.61 Å². The quantitative estimate of drug-likeness (QED) is 0.331. The number of nitrogens with one attached hydrogen (secondary N) is 1. The van der Waals surface area contributed by atoms with Gasteiger partial charge in [0, 0.05) is 12.8 Å². The number of amides is 1. The largest absolute Gasteiger partial charge is 0.394 e. The zero-order valence-electron chi connectivity index (χ0n) is 8.54. The molecule has 0 radical (unpaired) electrons. The lowest BCUT2D eigenvalue weighted by molar-refractivity contribution is -0.278. The van der Waals surface area contributed by atoms with E-state index in [-0.39, 0.29) is 18.7 Å². The molecule has 0 aromatic rings. The lowest BCUT2D eigenvalue weighted by atomic mass is 9.90. The van der Waals surface area contributed by atoms with Crippen molar-refractivity contribution < 1.29 is 30.0 Å². The minimum Gasteiger partial charge on any atom is -0.394 e. The topological polar surface area (TPSA) is 119 Å². The van der Waals surface area contributed by atoms with Crippen LogP contribution in [0, 0.1) is 0 Å². The van der Waals surface area contributed by atoms with Gasteiger partial charge in [-0.15, -0.1) is 0 Å². The van der Waals surface area contributed by atoms with Gasteiger partial charge in [0.25, 0.3) is 0 Å². The second-order valence-corrected chi connectivity index (χ2v) is 4.20. The summed E-state index contributed by atoms with van der Waals surface area (Å²) < 4.78 is 5.31. The van der Waals surface area contributed by atoms with Crippen molar-refractivity contribution in [3.8, 4) is 0 Å². The van der Waals surface area contributed by atoms with Crippen molar-refractivity contribution in [3.63, 3.8) is 0 Å². The minimum atomic E-state index is -1.45. The molecule has 2 aliphatic heterocycles. The van der Waals surface area contributed by atoms with Crippen LogP contribution in [0.3, 0.4) is 0 Å². The number of hydrogen-bond acceptors (Lipinski definition) is 6. The third kappa shape index (κ3) is 1.61. The lowest BCUT2D eigenvalue weighted by Gasteiger charge is -2.46. The molecule has 0 aromatic carbocycles. The van der Waals surface area contributed by atoms with Crippen molar-refractivity contribution in [2.45, 2.75) is 43.0 Å². The van der Waals surface area contributed by atoms with E-state index in [2.05, 4.69) is 5.32 Å². The summed E-state index contributed by atoms with van der Waals surface area (Å²) in [5.41, 5.74) is -1.39. The summed E-state index contributed by atoms with van der Waals surface area (Å²) in [6, 6.07) is 0. The summed E-state index contributed by atoms with van der Waals surface area (Å²) >= 11 is 0. The summed E-state index contributed by atoms with van der Waals surface area (Å²) in [7, 11) is 0. The van der Waals surface area contributed by atoms with Gasteiger partial charge < -0.3 is 30.5 Å². The van der Waals surface area contributed by atoms with Crippen LogP contribution in [0.2, 0.25) is 0 Å². The Morgan fingerprint density at radius 3 is 2.56 bits per heavy atom. The third-order valence-electron chi connectivity index (χ3n) is 3.15. The van der Waals surface area contributed by atoms with E-state index in [0.29, 0.717) is 0 Å². The number of aliphatic hydroxyl groups is 4. The maximum atomic E-state index is 11.1. The molecule has 0 aromatic heterocycles. The molecule has 1 amide bonds. The second-order valence-electron chi connectivity index (χ2n) is 4.20. The van der Waals surface area contributed by atoms with Gasteiger partial charge in [-0.05, 0) is 0 Å². The Labute approximate surface area is 91.6 Å². The molecule has 2 rings (SSSR count). The van der Waals surface area contributed by atoms with E-state index in [9.17, 15) is 20.1 Å². The molecule has 2 aliphatic rings. The van der Waals surface area contributed by atoms with E-state index < -0.39 is 36.7 Å². The molecular weight excluding hydrogens is 218 g/mol. The second kappa shape index (κ2) is 3.94. The standard InChI is InChI=1S/C9H15NO6/c11-3-4-6(13)7(14)8(15)9(16-4)2-1-5(12)10-9/h4,6-8,11,13-15H,1-3H2,(H,10,12)/t4-,6-,7+,8+,9-/m1/s1. The first-order valence-corrected chi connectivity index (χ1v) is 5.14. The molecule has 5 atom stereocenters. The summed E-state index contributed by atoms with van der Waals surface area (Å²) in [5.74, 6) is -0.292. The molecule has 0 unspecified atom stereocenters. The first-order chi connectivity index (χ1) is 7.50. The molecule has 2 fully saturated rings. The normalized spacial score (nSPS) is 48.4. The van der Waals surface area contributed by atoms with Crippen molar-refractivity contribution in [3.05, 3.63) is 0 Å². The molecule has 92 valence electrons. The van der Waals surface area contributed by atoms with E-state index in [0.717, 1.165) is 0 Å². The highest BCUT2D eigenvalue weighted by atomic mass is 16.6. The molecule has 7 nitrogen and oxygen atoms in total.